The quantitative estimate of drug-likeness (QED) is 0.655. The van der Waals surface area contributed by atoms with Gasteiger partial charge in [0.05, 0.1) is 6.26 Å². The molecule has 1 heterocycles. The predicted molar refractivity (Wildman–Crippen MR) is 88.8 cm³/mol. The lowest BCUT2D eigenvalue weighted by Gasteiger charge is -2.20. The molecule has 106 valence electrons. The van der Waals surface area contributed by atoms with Gasteiger partial charge in [-0.3, -0.25) is 0 Å². The molecule has 0 bridgehead atoms. The van der Waals surface area contributed by atoms with Gasteiger partial charge in [-0.05, 0) is 36.1 Å². The van der Waals surface area contributed by atoms with E-state index in [-0.39, 0.29) is 6.04 Å². The first-order valence-corrected chi connectivity index (χ1v) is 8.09. The minimum Gasteiger partial charge on any atom is -0.467 e. The fraction of sp³-hybridized carbons (Fsp3) is 0.111. The van der Waals surface area contributed by atoms with E-state index >= 15 is 0 Å². The van der Waals surface area contributed by atoms with Gasteiger partial charge in [0.1, 0.15) is 11.8 Å². The van der Waals surface area contributed by atoms with E-state index in [1.54, 1.807) is 18.0 Å². The number of nitrogens with one attached hydrogen (secondary N) is 1. The molecule has 1 unspecified atom stereocenters. The lowest BCUT2D eigenvalue weighted by atomic mass is 10.0. The van der Waals surface area contributed by atoms with Crippen molar-refractivity contribution < 1.29 is 4.42 Å². The smallest absolute Gasteiger partial charge is 0.130 e. The van der Waals surface area contributed by atoms with Crippen molar-refractivity contribution >= 4 is 17.4 Å². The van der Waals surface area contributed by atoms with Crippen LogP contribution in [0.1, 0.15) is 17.4 Å². The average Bonchev–Trinajstić information content (AvgIpc) is 3.08. The SMILES string of the molecule is CSc1ccccc1NC(c1ccccc1)c1ccco1. The summed E-state index contributed by atoms with van der Waals surface area (Å²) < 4.78 is 5.63. The zero-order chi connectivity index (χ0) is 14.5. The summed E-state index contributed by atoms with van der Waals surface area (Å²) in [6.45, 7) is 0. The molecule has 0 aliphatic carbocycles. The van der Waals surface area contributed by atoms with Gasteiger partial charge >= 0.3 is 0 Å². The van der Waals surface area contributed by atoms with Crippen molar-refractivity contribution in [3.63, 3.8) is 0 Å². The second-order valence-corrected chi connectivity index (χ2v) is 5.55. The molecule has 1 aromatic heterocycles. The van der Waals surface area contributed by atoms with Crippen LogP contribution in [0.25, 0.3) is 0 Å². The molecule has 0 amide bonds. The Morgan fingerprint density at radius 1 is 0.905 bits per heavy atom. The highest BCUT2D eigenvalue weighted by molar-refractivity contribution is 7.98. The Balaban J connectivity index is 1.97. The molecule has 3 aromatic rings. The Bertz CT molecular complexity index is 679. The van der Waals surface area contributed by atoms with Crippen LogP contribution >= 0.6 is 11.8 Å². The zero-order valence-electron chi connectivity index (χ0n) is 11.8. The van der Waals surface area contributed by atoms with Crippen LogP contribution in [0.5, 0.6) is 0 Å². The average molecular weight is 295 g/mol. The third kappa shape index (κ3) is 3.14. The molecule has 0 spiro atoms. The van der Waals surface area contributed by atoms with E-state index < -0.39 is 0 Å². The van der Waals surface area contributed by atoms with Crippen molar-refractivity contribution in [2.75, 3.05) is 11.6 Å². The molecule has 0 aliphatic rings. The summed E-state index contributed by atoms with van der Waals surface area (Å²) in [6.07, 6.45) is 3.80. The zero-order valence-corrected chi connectivity index (χ0v) is 12.6. The van der Waals surface area contributed by atoms with Gasteiger partial charge in [0, 0.05) is 10.6 Å². The summed E-state index contributed by atoms with van der Waals surface area (Å²) in [6, 6.07) is 22.6. The molecule has 0 radical (unpaired) electrons. The molecule has 21 heavy (non-hydrogen) atoms. The van der Waals surface area contributed by atoms with Crippen LogP contribution in [0, 0.1) is 0 Å². The molecule has 0 aliphatic heterocycles. The maximum atomic E-state index is 5.63. The molecule has 1 atom stereocenters. The van der Waals surface area contributed by atoms with Gasteiger partial charge in [-0.25, -0.2) is 0 Å². The molecule has 2 nitrogen and oxygen atoms in total. The van der Waals surface area contributed by atoms with Crippen LogP contribution in [0.2, 0.25) is 0 Å². The van der Waals surface area contributed by atoms with Crippen molar-refractivity contribution in [2.45, 2.75) is 10.9 Å². The van der Waals surface area contributed by atoms with E-state index in [1.807, 2.05) is 36.4 Å². The fourth-order valence-electron chi connectivity index (χ4n) is 2.34. The van der Waals surface area contributed by atoms with Crippen molar-refractivity contribution in [3.8, 4) is 0 Å². The molecule has 1 N–H and O–H groups in total. The molecule has 0 saturated heterocycles. The minimum atomic E-state index is 0.00880. The maximum absolute atomic E-state index is 5.63. The molecule has 3 heteroatoms. The minimum absolute atomic E-state index is 0.00880. The third-order valence-electron chi connectivity index (χ3n) is 3.37. The van der Waals surface area contributed by atoms with Crippen molar-refractivity contribution in [2.24, 2.45) is 0 Å². The third-order valence-corrected chi connectivity index (χ3v) is 4.16. The standard InChI is InChI=1S/C18H17NOS/c1-21-17-12-6-5-10-15(17)19-18(16-11-7-13-20-16)14-8-3-2-4-9-14/h2-13,18-19H,1H3. The monoisotopic (exact) mass is 295 g/mol. The Morgan fingerprint density at radius 3 is 2.38 bits per heavy atom. The number of hydrogen-bond acceptors (Lipinski definition) is 3. The second-order valence-electron chi connectivity index (χ2n) is 4.70. The fourth-order valence-corrected chi connectivity index (χ4v) is 2.90. The Kier molecular flexibility index (Phi) is 4.31. The highest BCUT2D eigenvalue weighted by Gasteiger charge is 2.17. The molecule has 0 saturated carbocycles. The van der Waals surface area contributed by atoms with E-state index in [4.69, 9.17) is 4.42 Å². The Labute approximate surface area is 129 Å². The van der Waals surface area contributed by atoms with E-state index in [9.17, 15) is 0 Å². The Morgan fingerprint density at radius 2 is 1.67 bits per heavy atom. The molecular formula is C18H17NOS. The van der Waals surface area contributed by atoms with Crippen LogP contribution in [0.4, 0.5) is 5.69 Å². The van der Waals surface area contributed by atoms with E-state index in [1.165, 1.54) is 10.5 Å². The van der Waals surface area contributed by atoms with Crippen LogP contribution < -0.4 is 5.32 Å². The lowest BCUT2D eigenvalue weighted by molar-refractivity contribution is 0.499. The van der Waals surface area contributed by atoms with Gasteiger partial charge < -0.3 is 9.73 Å². The van der Waals surface area contributed by atoms with Crippen molar-refractivity contribution in [1.82, 2.24) is 0 Å². The van der Waals surface area contributed by atoms with Gasteiger partial charge in [-0.15, -0.1) is 11.8 Å². The normalized spacial score (nSPS) is 12.0. The Hall–Kier alpha value is -2.13. The van der Waals surface area contributed by atoms with Gasteiger partial charge in [0.15, 0.2) is 0 Å². The van der Waals surface area contributed by atoms with Gasteiger partial charge in [0.25, 0.3) is 0 Å². The summed E-state index contributed by atoms with van der Waals surface area (Å²) in [5.41, 5.74) is 2.30. The maximum Gasteiger partial charge on any atom is 0.130 e. The number of anilines is 1. The lowest BCUT2D eigenvalue weighted by Crippen LogP contribution is -2.12. The van der Waals surface area contributed by atoms with Crippen LogP contribution in [-0.4, -0.2) is 6.26 Å². The molecule has 3 rings (SSSR count). The number of hydrogen-bond donors (Lipinski definition) is 1. The van der Waals surface area contributed by atoms with Crippen molar-refractivity contribution in [1.29, 1.82) is 0 Å². The van der Waals surface area contributed by atoms with Gasteiger partial charge in [0.2, 0.25) is 0 Å². The molecule has 0 fully saturated rings. The molecular weight excluding hydrogens is 278 g/mol. The van der Waals surface area contributed by atoms with Crippen LogP contribution in [0.3, 0.4) is 0 Å². The number of para-hydroxylation sites is 1. The van der Waals surface area contributed by atoms with Crippen LogP contribution in [-0.2, 0) is 0 Å². The number of furan rings is 1. The van der Waals surface area contributed by atoms with E-state index in [2.05, 4.69) is 41.9 Å². The summed E-state index contributed by atoms with van der Waals surface area (Å²) >= 11 is 1.74. The van der Waals surface area contributed by atoms with Gasteiger partial charge in [-0.2, -0.15) is 0 Å². The highest BCUT2D eigenvalue weighted by atomic mass is 32.2. The number of rotatable bonds is 5. The van der Waals surface area contributed by atoms with Crippen molar-refractivity contribution in [3.05, 3.63) is 84.3 Å². The first-order chi connectivity index (χ1) is 10.4. The summed E-state index contributed by atoms with van der Waals surface area (Å²) in [5, 5.41) is 3.60. The van der Waals surface area contributed by atoms with E-state index in [0.717, 1.165) is 11.4 Å². The van der Waals surface area contributed by atoms with E-state index in [0.29, 0.717) is 0 Å². The summed E-state index contributed by atoms with van der Waals surface area (Å²) in [4.78, 5) is 1.23. The van der Waals surface area contributed by atoms with Crippen LogP contribution in [0.15, 0.2) is 82.3 Å². The second kappa shape index (κ2) is 6.55. The topological polar surface area (TPSA) is 25.2 Å². The number of thioether (sulfide) groups is 1. The first-order valence-electron chi connectivity index (χ1n) is 6.86. The molecule has 2 aromatic carbocycles. The van der Waals surface area contributed by atoms with Gasteiger partial charge in [-0.1, -0.05) is 42.5 Å². The first kappa shape index (κ1) is 13.8. The summed E-state index contributed by atoms with van der Waals surface area (Å²) in [7, 11) is 0. The largest absolute Gasteiger partial charge is 0.467 e. The summed E-state index contributed by atoms with van der Waals surface area (Å²) in [5.74, 6) is 0.914. The number of benzene rings is 2. The highest BCUT2D eigenvalue weighted by Crippen LogP contribution is 2.31. The predicted octanol–water partition coefficient (Wildman–Crippen LogP) is 5.20.